The van der Waals surface area contributed by atoms with Crippen LogP contribution in [-0.4, -0.2) is 52.5 Å². The van der Waals surface area contributed by atoms with Crippen molar-refractivity contribution >= 4 is 45.8 Å². The number of halogens is 2. The summed E-state index contributed by atoms with van der Waals surface area (Å²) in [6.45, 7) is 1.24. The van der Waals surface area contributed by atoms with Crippen molar-refractivity contribution in [3.63, 3.8) is 0 Å². The van der Waals surface area contributed by atoms with Gasteiger partial charge in [0, 0.05) is 37.5 Å². The first-order valence-electron chi connectivity index (χ1n) is 11.1. The minimum atomic E-state index is -0.390. The second kappa shape index (κ2) is 11.4. The summed E-state index contributed by atoms with van der Waals surface area (Å²) in [6.07, 6.45) is 1.52. The zero-order valence-electron chi connectivity index (χ0n) is 18.7. The van der Waals surface area contributed by atoms with E-state index in [1.807, 2.05) is 0 Å². The molecule has 0 spiro atoms. The van der Waals surface area contributed by atoms with Crippen LogP contribution in [-0.2, 0) is 11.2 Å². The van der Waals surface area contributed by atoms with Gasteiger partial charge in [0.05, 0.1) is 10.6 Å². The minimum absolute atomic E-state index is 0.159. The van der Waals surface area contributed by atoms with Crippen LogP contribution in [0.2, 0.25) is 5.02 Å². The molecule has 11 heteroatoms. The molecule has 182 valence electrons. The van der Waals surface area contributed by atoms with E-state index in [0.29, 0.717) is 65.2 Å². The van der Waals surface area contributed by atoms with Gasteiger partial charge in [-0.1, -0.05) is 35.1 Å². The van der Waals surface area contributed by atoms with E-state index in [4.69, 9.17) is 11.6 Å². The molecule has 0 aliphatic carbocycles. The topological polar surface area (TPSA) is 104 Å². The molecule has 0 saturated carbocycles. The van der Waals surface area contributed by atoms with Crippen molar-refractivity contribution in [3.05, 3.63) is 75.5 Å². The van der Waals surface area contributed by atoms with Gasteiger partial charge in [0.2, 0.25) is 11.0 Å². The number of hydrogen-bond acceptors (Lipinski definition) is 6. The maximum absolute atomic E-state index is 13.1. The summed E-state index contributed by atoms with van der Waals surface area (Å²) >= 11 is 7.29. The lowest BCUT2D eigenvalue weighted by Crippen LogP contribution is -2.41. The summed E-state index contributed by atoms with van der Waals surface area (Å²) in [5.74, 6) is -1.22. The van der Waals surface area contributed by atoms with Gasteiger partial charge in [-0.15, -0.1) is 10.2 Å². The maximum atomic E-state index is 13.1. The Kier molecular flexibility index (Phi) is 8.04. The summed E-state index contributed by atoms with van der Waals surface area (Å²) in [5, 5.41) is 15.2. The van der Waals surface area contributed by atoms with Gasteiger partial charge in [-0.05, 0) is 49.2 Å². The monoisotopic (exact) mass is 515 g/mol. The zero-order chi connectivity index (χ0) is 24.8. The molecule has 0 unspecified atom stereocenters. The fourth-order valence-electron chi connectivity index (χ4n) is 3.76. The van der Waals surface area contributed by atoms with E-state index in [0.717, 1.165) is 0 Å². The van der Waals surface area contributed by atoms with E-state index < -0.39 is 5.82 Å². The molecule has 1 aliphatic heterocycles. The number of carbonyl (C=O) groups excluding carboxylic acids is 3. The van der Waals surface area contributed by atoms with Crippen molar-refractivity contribution in [2.75, 3.05) is 25.0 Å². The van der Waals surface area contributed by atoms with Crippen molar-refractivity contribution in [1.29, 1.82) is 0 Å². The van der Waals surface area contributed by atoms with E-state index in [2.05, 4.69) is 20.8 Å². The Morgan fingerprint density at radius 3 is 2.49 bits per heavy atom. The SMILES string of the molecule is O=C(NCCc1nnc(NC(=O)C2CCN(C(=O)c3ccc(F)cc3)CC2)s1)c1ccccc1Cl. The molecular weight excluding hydrogens is 493 g/mol. The number of rotatable bonds is 7. The average molecular weight is 516 g/mol. The molecule has 0 bridgehead atoms. The number of carbonyl (C=O) groups is 3. The Bertz CT molecular complexity index is 1210. The fourth-order valence-corrected chi connectivity index (χ4v) is 4.72. The largest absolute Gasteiger partial charge is 0.352 e. The van der Waals surface area contributed by atoms with Gasteiger partial charge >= 0.3 is 0 Å². The van der Waals surface area contributed by atoms with E-state index in [9.17, 15) is 18.8 Å². The third kappa shape index (κ3) is 6.40. The number of likely N-dealkylation sites (tertiary alicyclic amines) is 1. The highest BCUT2D eigenvalue weighted by Gasteiger charge is 2.28. The standard InChI is InChI=1S/C24H23ClFN5O3S/c25-19-4-2-1-3-18(19)22(33)27-12-9-20-29-30-24(35-20)28-21(32)15-10-13-31(14-11-15)23(34)16-5-7-17(26)8-6-16/h1-8,15H,9-14H2,(H,27,33)(H,28,30,32). The first-order valence-corrected chi connectivity index (χ1v) is 12.3. The molecule has 0 atom stereocenters. The van der Waals surface area contributed by atoms with Crippen molar-refractivity contribution < 1.29 is 18.8 Å². The minimum Gasteiger partial charge on any atom is -0.352 e. The van der Waals surface area contributed by atoms with Gasteiger partial charge in [-0.25, -0.2) is 4.39 Å². The van der Waals surface area contributed by atoms with Crippen LogP contribution in [0.4, 0.5) is 9.52 Å². The zero-order valence-corrected chi connectivity index (χ0v) is 20.2. The molecular formula is C24H23ClFN5O3S. The number of anilines is 1. The summed E-state index contributed by atoms with van der Waals surface area (Å²) in [6, 6.07) is 12.3. The lowest BCUT2D eigenvalue weighted by molar-refractivity contribution is -0.121. The van der Waals surface area contributed by atoms with Crippen LogP contribution in [0.1, 0.15) is 38.6 Å². The van der Waals surface area contributed by atoms with Crippen LogP contribution in [0.5, 0.6) is 0 Å². The highest BCUT2D eigenvalue weighted by molar-refractivity contribution is 7.15. The molecule has 1 aliphatic rings. The van der Waals surface area contributed by atoms with Gasteiger partial charge in [0.1, 0.15) is 10.8 Å². The molecule has 2 N–H and O–H groups in total. The Morgan fingerprint density at radius 2 is 1.77 bits per heavy atom. The molecule has 3 amide bonds. The Morgan fingerprint density at radius 1 is 1.06 bits per heavy atom. The van der Waals surface area contributed by atoms with E-state index in [1.54, 1.807) is 29.2 Å². The molecule has 2 aromatic carbocycles. The predicted molar refractivity (Wildman–Crippen MR) is 131 cm³/mol. The van der Waals surface area contributed by atoms with Crippen molar-refractivity contribution in [1.82, 2.24) is 20.4 Å². The number of nitrogens with zero attached hydrogens (tertiary/aromatic N) is 3. The summed E-state index contributed by atoms with van der Waals surface area (Å²) in [5.41, 5.74) is 0.837. The van der Waals surface area contributed by atoms with E-state index in [1.165, 1.54) is 35.6 Å². The van der Waals surface area contributed by atoms with Crippen LogP contribution in [0.15, 0.2) is 48.5 Å². The van der Waals surface area contributed by atoms with Crippen LogP contribution < -0.4 is 10.6 Å². The van der Waals surface area contributed by atoms with Crippen molar-refractivity contribution in [3.8, 4) is 0 Å². The molecule has 8 nitrogen and oxygen atoms in total. The van der Waals surface area contributed by atoms with Gasteiger partial charge < -0.3 is 15.5 Å². The average Bonchev–Trinajstić information content (AvgIpc) is 3.31. The quantitative estimate of drug-likeness (QED) is 0.498. The molecule has 1 aromatic heterocycles. The maximum Gasteiger partial charge on any atom is 0.253 e. The molecule has 0 radical (unpaired) electrons. The van der Waals surface area contributed by atoms with Crippen LogP contribution >= 0.6 is 22.9 Å². The predicted octanol–water partition coefficient (Wildman–Crippen LogP) is 3.79. The lowest BCUT2D eigenvalue weighted by Gasteiger charge is -2.31. The molecule has 35 heavy (non-hydrogen) atoms. The van der Waals surface area contributed by atoms with Gasteiger partial charge in [0.25, 0.3) is 11.8 Å². The third-order valence-electron chi connectivity index (χ3n) is 5.68. The van der Waals surface area contributed by atoms with Crippen molar-refractivity contribution in [2.45, 2.75) is 19.3 Å². The summed E-state index contributed by atoms with van der Waals surface area (Å²) in [4.78, 5) is 39.1. The second-order valence-electron chi connectivity index (χ2n) is 8.05. The number of aromatic nitrogens is 2. The lowest BCUT2D eigenvalue weighted by atomic mass is 9.95. The molecule has 1 saturated heterocycles. The molecule has 1 fully saturated rings. The Balaban J connectivity index is 1.21. The van der Waals surface area contributed by atoms with Crippen molar-refractivity contribution in [2.24, 2.45) is 5.92 Å². The summed E-state index contributed by atoms with van der Waals surface area (Å²) in [7, 11) is 0. The second-order valence-corrected chi connectivity index (χ2v) is 9.52. The number of nitrogens with one attached hydrogen (secondary N) is 2. The highest BCUT2D eigenvalue weighted by Crippen LogP contribution is 2.23. The smallest absolute Gasteiger partial charge is 0.253 e. The highest BCUT2D eigenvalue weighted by atomic mass is 35.5. The molecule has 2 heterocycles. The van der Waals surface area contributed by atoms with Crippen LogP contribution in [0.3, 0.4) is 0 Å². The van der Waals surface area contributed by atoms with Crippen LogP contribution in [0, 0.1) is 11.7 Å². The Hall–Kier alpha value is -3.37. The van der Waals surface area contributed by atoms with Gasteiger partial charge in [-0.2, -0.15) is 0 Å². The Labute approximate surface area is 210 Å². The first kappa shape index (κ1) is 24.7. The number of piperidine rings is 1. The number of amides is 3. The number of hydrogen-bond donors (Lipinski definition) is 2. The van der Waals surface area contributed by atoms with Gasteiger partial charge in [0.15, 0.2) is 0 Å². The summed E-state index contributed by atoms with van der Waals surface area (Å²) < 4.78 is 13.1. The number of benzene rings is 2. The molecule has 4 rings (SSSR count). The fraction of sp³-hybridized carbons (Fsp3) is 0.292. The van der Waals surface area contributed by atoms with E-state index in [-0.39, 0.29) is 23.6 Å². The molecule has 3 aromatic rings. The van der Waals surface area contributed by atoms with Gasteiger partial charge in [-0.3, -0.25) is 14.4 Å². The first-order chi connectivity index (χ1) is 16.9. The third-order valence-corrected chi connectivity index (χ3v) is 6.91. The van der Waals surface area contributed by atoms with Crippen LogP contribution in [0.25, 0.3) is 0 Å². The van der Waals surface area contributed by atoms with E-state index >= 15 is 0 Å². The normalized spacial score (nSPS) is 13.9.